The topological polar surface area (TPSA) is 57.6 Å². The molecule has 0 spiro atoms. The lowest BCUT2D eigenvalue weighted by Crippen LogP contribution is -2.40. The van der Waals surface area contributed by atoms with E-state index in [0.29, 0.717) is 19.5 Å². The lowest BCUT2D eigenvalue weighted by Gasteiger charge is -2.26. The van der Waals surface area contributed by atoms with Crippen LogP contribution in [0.4, 0.5) is 0 Å². The second-order valence-corrected chi connectivity index (χ2v) is 6.08. The molecule has 1 aliphatic rings. The van der Waals surface area contributed by atoms with Crippen molar-refractivity contribution in [1.29, 1.82) is 0 Å². The highest BCUT2D eigenvalue weighted by Gasteiger charge is 2.30. The fourth-order valence-electron chi connectivity index (χ4n) is 2.78. The molecule has 2 rings (SSSR count). The van der Waals surface area contributed by atoms with Gasteiger partial charge in [-0.3, -0.25) is 9.59 Å². The molecule has 122 valence electrons. The van der Waals surface area contributed by atoms with Crippen molar-refractivity contribution in [3.8, 4) is 0 Å². The van der Waals surface area contributed by atoms with Gasteiger partial charge < -0.3 is 19.7 Å². The Kier molecular flexibility index (Phi) is 6.00. The summed E-state index contributed by atoms with van der Waals surface area (Å²) in [6.45, 7) is 2.62. The van der Waals surface area contributed by atoms with Gasteiger partial charge in [0.25, 0.3) is 0 Å². The van der Waals surface area contributed by atoms with E-state index in [1.165, 1.54) is 0 Å². The fourth-order valence-corrected chi connectivity index (χ4v) is 2.78. The van der Waals surface area contributed by atoms with Gasteiger partial charge in [-0.05, 0) is 39.1 Å². The summed E-state index contributed by atoms with van der Waals surface area (Å²) in [4.78, 5) is 27.8. The molecule has 1 saturated heterocycles. The van der Waals surface area contributed by atoms with Crippen LogP contribution in [0.5, 0.6) is 0 Å². The zero-order chi connectivity index (χ0) is 15.9. The molecule has 0 saturated carbocycles. The van der Waals surface area contributed by atoms with Gasteiger partial charge in [-0.15, -0.1) is 0 Å². The van der Waals surface area contributed by atoms with Crippen LogP contribution in [0.3, 0.4) is 0 Å². The van der Waals surface area contributed by atoms with Crippen LogP contribution in [-0.4, -0.2) is 66.0 Å². The number of likely N-dealkylation sites (N-methyl/N-ethyl adjacent to an activating group) is 1. The second kappa shape index (κ2) is 7.98. The zero-order valence-corrected chi connectivity index (χ0v) is 13.5. The quantitative estimate of drug-likeness (QED) is 0.763. The second-order valence-electron chi connectivity index (χ2n) is 6.08. The van der Waals surface area contributed by atoms with E-state index in [1.807, 2.05) is 48.1 Å². The van der Waals surface area contributed by atoms with Crippen LogP contribution in [0.25, 0.3) is 0 Å². The summed E-state index contributed by atoms with van der Waals surface area (Å²) in [5.74, 6) is 0.255. The number of aromatic nitrogens is 1. The van der Waals surface area contributed by atoms with E-state index in [2.05, 4.69) is 10.2 Å². The van der Waals surface area contributed by atoms with Crippen LogP contribution >= 0.6 is 0 Å². The predicted molar refractivity (Wildman–Crippen MR) is 85.3 cm³/mol. The number of hydrogen-bond acceptors (Lipinski definition) is 3. The van der Waals surface area contributed by atoms with Crippen LogP contribution in [-0.2, 0) is 16.1 Å². The Morgan fingerprint density at radius 2 is 2.09 bits per heavy atom. The minimum absolute atomic E-state index is 0.0142. The lowest BCUT2D eigenvalue weighted by atomic mass is 10.1. The molecule has 1 aliphatic heterocycles. The monoisotopic (exact) mass is 306 g/mol. The van der Waals surface area contributed by atoms with Crippen molar-refractivity contribution in [2.45, 2.75) is 31.8 Å². The summed E-state index contributed by atoms with van der Waals surface area (Å²) in [5, 5.41) is 2.94. The Morgan fingerprint density at radius 3 is 2.77 bits per heavy atom. The summed E-state index contributed by atoms with van der Waals surface area (Å²) < 4.78 is 1.85. The average Bonchev–Trinajstić information content (AvgIpc) is 3.07. The van der Waals surface area contributed by atoms with E-state index in [4.69, 9.17) is 0 Å². The maximum Gasteiger partial charge on any atom is 0.239 e. The molecule has 22 heavy (non-hydrogen) atoms. The number of nitrogens with one attached hydrogen (secondary N) is 1. The first-order valence-corrected chi connectivity index (χ1v) is 7.88. The minimum atomic E-state index is 0.0142. The number of nitrogens with zero attached hydrogens (tertiary/aromatic N) is 3. The number of likely N-dealkylation sites (tertiary alicyclic amines) is 1. The molecule has 2 heterocycles. The molecule has 2 amide bonds. The van der Waals surface area contributed by atoms with Gasteiger partial charge in [0.1, 0.15) is 6.54 Å². The smallest absolute Gasteiger partial charge is 0.239 e. The third-order valence-electron chi connectivity index (χ3n) is 4.03. The molecular formula is C16H26N4O2. The van der Waals surface area contributed by atoms with Crippen LogP contribution in [0.2, 0.25) is 0 Å². The number of amides is 2. The molecule has 0 radical (unpaired) electrons. The Bertz CT molecular complexity index is 484. The van der Waals surface area contributed by atoms with E-state index in [-0.39, 0.29) is 17.9 Å². The normalized spacial score (nSPS) is 18.2. The third-order valence-corrected chi connectivity index (χ3v) is 4.03. The van der Waals surface area contributed by atoms with E-state index in [1.54, 1.807) is 0 Å². The van der Waals surface area contributed by atoms with E-state index in [9.17, 15) is 9.59 Å². The van der Waals surface area contributed by atoms with Crippen LogP contribution in [0, 0.1) is 0 Å². The van der Waals surface area contributed by atoms with E-state index < -0.39 is 0 Å². The maximum atomic E-state index is 11.9. The van der Waals surface area contributed by atoms with Crippen LogP contribution in [0.1, 0.15) is 19.3 Å². The third kappa shape index (κ3) is 4.87. The molecule has 6 nitrogen and oxygen atoms in total. The van der Waals surface area contributed by atoms with Gasteiger partial charge in [0.15, 0.2) is 0 Å². The highest BCUT2D eigenvalue weighted by atomic mass is 16.2. The largest absolute Gasteiger partial charge is 0.354 e. The first-order valence-electron chi connectivity index (χ1n) is 7.88. The van der Waals surface area contributed by atoms with E-state index in [0.717, 1.165) is 25.9 Å². The molecule has 1 N–H and O–H groups in total. The van der Waals surface area contributed by atoms with Crippen molar-refractivity contribution in [2.75, 3.05) is 33.7 Å². The Balaban J connectivity index is 1.70. The highest BCUT2D eigenvalue weighted by Crippen LogP contribution is 2.20. The first kappa shape index (κ1) is 16.5. The van der Waals surface area contributed by atoms with Crippen molar-refractivity contribution in [3.63, 3.8) is 0 Å². The van der Waals surface area contributed by atoms with Crippen molar-refractivity contribution >= 4 is 11.8 Å². The molecule has 1 aromatic heterocycles. The molecular weight excluding hydrogens is 280 g/mol. The zero-order valence-electron chi connectivity index (χ0n) is 13.5. The van der Waals surface area contributed by atoms with Gasteiger partial charge >= 0.3 is 0 Å². The molecule has 0 aliphatic carbocycles. The SMILES string of the molecule is CN(C)CCN1C(=O)CCC1CCNC(=O)Cn1cccc1. The molecule has 6 heteroatoms. The Morgan fingerprint density at radius 1 is 1.36 bits per heavy atom. The van der Waals surface area contributed by atoms with Gasteiger partial charge in [0.05, 0.1) is 0 Å². The summed E-state index contributed by atoms with van der Waals surface area (Å²) >= 11 is 0. The van der Waals surface area contributed by atoms with Gasteiger partial charge in [-0.2, -0.15) is 0 Å². The molecule has 1 fully saturated rings. The van der Waals surface area contributed by atoms with Crippen molar-refractivity contribution in [1.82, 2.24) is 19.7 Å². The summed E-state index contributed by atoms with van der Waals surface area (Å²) in [6.07, 6.45) is 6.11. The molecule has 1 unspecified atom stereocenters. The highest BCUT2D eigenvalue weighted by molar-refractivity contribution is 5.78. The predicted octanol–water partition coefficient (Wildman–Crippen LogP) is 0.547. The summed E-state index contributed by atoms with van der Waals surface area (Å²) in [5.41, 5.74) is 0. The number of carbonyl (C=O) groups excluding carboxylic acids is 2. The van der Waals surface area contributed by atoms with Gasteiger partial charge in [-0.25, -0.2) is 0 Å². The number of rotatable bonds is 8. The summed E-state index contributed by atoms with van der Waals surface area (Å²) in [7, 11) is 4.02. The molecule has 0 bridgehead atoms. The minimum Gasteiger partial charge on any atom is -0.354 e. The van der Waals surface area contributed by atoms with Crippen molar-refractivity contribution < 1.29 is 9.59 Å². The average molecular weight is 306 g/mol. The Labute approximate surface area is 132 Å². The van der Waals surface area contributed by atoms with Crippen molar-refractivity contribution in [2.24, 2.45) is 0 Å². The maximum absolute atomic E-state index is 11.9. The van der Waals surface area contributed by atoms with E-state index >= 15 is 0 Å². The lowest BCUT2D eigenvalue weighted by molar-refractivity contribution is -0.129. The molecule has 1 aromatic rings. The summed E-state index contributed by atoms with van der Waals surface area (Å²) in [6, 6.07) is 4.07. The van der Waals surface area contributed by atoms with Crippen molar-refractivity contribution in [3.05, 3.63) is 24.5 Å². The van der Waals surface area contributed by atoms with Crippen LogP contribution in [0.15, 0.2) is 24.5 Å². The van der Waals surface area contributed by atoms with Gasteiger partial charge in [0, 0.05) is 44.5 Å². The fraction of sp³-hybridized carbons (Fsp3) is 0.625. The van der Waals surface area contributed by atoms with Crippen LogP contribution < -0.4 is 5.32 Å². The molecule has 1 atom stereocenters. The number of hydrogen-bond donors (Lipinski definition) is 1. The van der Waals surface area contributed by atoms with Gasteiger partial charge in [-0.1, -0.05) is 0 Å². The standard InChI is InChI=1S/C16H26N4O2/c1-18(2)11-12-20-14(5-6-16(20)22)7-8-17-15(21)13-19-9-3-4-10-19/h3-4,9-10,14H,5-8,11-13H2,1-2H3,(H,17,21). The first-order chi connectivity index (χ1) is 10.6. The Hall–Kier alpha value is -1.82. The number of carbonyl (C=O) groups is 2. The molecule has 0 aromatic carbocycles. The van der Waals surface area contributed by atoms with Gasteiger partial charge in [0.2, 0.25) is 11.8 Å².